The molecule has 0 radical (unpaired) electrons. The van der Waals surface area contributed by atoms with E-state index in [1.54, 1.807) is 0 Å². The summed E-state index contributed by atoms with van der Waals surface area (Å²) in [5, 5.41) is 0.927. The molecule has 0 amide bonds. The lowest BCUT2D eigenvalue weighted by Crippen LogP contribution is -2.32. The molecule has 1 saturated carbocycles. The molecule has 168 valence electrons. The summed E-state index contributed by atoms with van der Waals surface area (Å²) in [5.74, 6) is 1.24. The molecular weight excluding hydrogens is 404 g/mol. The Kier molecular flexibility index (Phi) is 7.10. The molecule has 1 aliphatic heterocycles. The lowest BCUT2D eigenvalue weighted by Gasteiger charge is -2.30. The first-order valence-electron chi connectivity index (χ1n) is 11.9. The molecule has 3 heteroatoms. The quantitative estimate of drug-likeness (QED) is 0.403. The maximum atomic E-state index is 6.76. The Morgan fingerprint density at radius 1 is 1.13 bits per heavy atom. The van der Waals surface area contributed by atoms with Crippen LogP contribution in [0.1, 0.15) is 63.1 Å². The van der Waals surface area contributed by atoms with E-state index in [4.69, 9.17) is 21.1 Å². The summed E-state index contributed by atoms with van der Waals surface area (Å²) in [6.45, 7) is 10.1. The molecule has 1 heterocycles. The number of benzene rings is 2. The second-order valence-corrected chi connectivity index (χ2v) is 11.2. The van der Waals surface area contributed by atoms with Gasteiger partial charge in [-0.05, 0) is 72.1 Å². The van der Waals surface area contributed by atoms with Crippen molar-refractivity contribution in [3.05, 3.63) is 70.2 Å². The van der Waals surface area contributed by atoms with Gasteiger partial charge in [-0.2, -0.15) is 0 Å². The molecule has 0 bridgehead atoms. The second kappa shape index (κ2) is 9.65. The summed E-state index contributed by atoms with van der Waals surface area (Å²) in [4.78, 5) is 0. The normalized spacial score (nSPS) is 25.7. The fourth-order valence-electron chi connectivity index (χ4n) is 5.48. The maximum absolute atomic E-state index is 6.76. The number of ether oxygens (including phenoxy) is 2. The van der Waals surface area contributed by atoms with Crippen molar-refractivity contribution in [2.24, 2.45) is 17.3 Å². The molecule has 3 unspecified atom stereocenters. The van der Waals surface area contributed by atoms with Crippen molar-refractivity contribution in [3.8, 4) is 0 Å². The molecule has 1 saturated heterocycles. The van der Waals surface area contributed by atoms with E-state index in [2.05, 4.69) is 63.2 Å². The number of halogens is 1. The van der Waals surface area contributed by atoms with Crippen LogP contribution in [0.25, 0.3) is 0 Å². The van der Waals surface area contributed by atoms with Crippen molar-refractivity contribution in [2.75, 3.05) is 19.8 Å². The van der Waals surface area contributed by atoms with Crippen molar-refractivity contribution >= 4 is 11.6 Å². The van der Waals surface area contributed by atoms with Gasteiger partial charge >= 0.3 is 0 Å². The minimum atomic E-state index is 0.135. The van der Waals surface area contributed by atoms with Crippen molar-refractivity contribution in [3.63, 3.8) is 0 Å². The van der Waals surface area contributed by atoms with Crippen LogP contribution in [0.2, 0.25) is 5.02 Å². The van der Waals surface area contributed by atoms with Gasteiger partial charge in [0.1, 0.15) is 0 Å². The lowest BCUT2D eigenvalue weighted by atomic mass is 9.72. The number of hydrogen-bond donors (Lipinski definition) is 0. The number of aryl methyl sites for hydroxylation is 1. The van der Waals surface area contributed by atoms with E-state index in [-0.39, 0.29) is 5.41 Å². The molecule has 0 spiro atoms. The molecule has 2 nitrogen and oxygen atoms in total. The summed E-state index contributed by atoms with van der Waals surface area (Å²) < 4.78 is 12.0. The SMILES string of the molecule is CC(C)(C)CCc1ccc(C23CCC(CCOCc4ccccc4)C2COC3)cc1Cl. The van der Waals surface area contributed by atoms with Gasteiger partial charge in [-0.3, -0.25) is 0 Å². The third-order valence-corrected chi connectivity index (χ3v) is 7.77. The van der Waals surface area contributed by atoms with Crippen LogP contribution in [0.4, 0.5) is 0 Å². The van der Waals surface area contributed by atoms with Crippen LogP contribution in [-0.4, -0.2) is 19.8 Å². The van der Waals surface area contributed by atoms with E-state index in [1.165, 1.54) is 29.5 Å². The standard InChI is InChI=1S/C28H37ClO2/c1-27(2,3)14-11-23-9-10-24(17-26(23)29)28-15-12-22(25(28)19-31-20-28)13-16-30-18-21-7-5-4-6-8-21/h4-10,17,22,25H,11-16,18-20H2,1-3H3. The number of fused-ring (bicyclic) bond motifs is 1. The van der Waals surface area contributed by atoms with Gasteiger partial charge in [0.15, 0.2) is 0 Å². The third kappa shape index (κ3) is 5.35. The van der Waals surface area contributed by atoms with Crippen LogP contribution in [0, 0.1) is 17.3 Å². The molecular formula is C28H37ClO2. The first kappa shape index (κ1) is 22.8. The van der Waals surface area contributed by atoms with Gasteiger partial charge in [-0.1, -0.05) is 74.8 Å². The predicted molar refractivity (Wildman–Crippen MR) is 129 cm³/mol. The molecule has 2 aromatic carbocycles. The van der Waals surface area contributed by atoms with Gasteiger partial charge in [0.05, 0.1) is 19.8 Å². The predicted octanol–water partition coefficient (Wildman–Crippen LogP) is 7.22. The smallest absolute Gasteiger partial charge is 0.0716 e. The average Bonchev–Trinajstić information content (AvgIpc) is 3.31. The summed E-state index contributed by atoms with van der Waals surface area (Å²) in [7, 11) is 0. The fourth-order valence-corrected chi connectivity index (χ4v) is 5.75. The van der Waals surface area contributed by atoms with Gasteiger partial charge in [-0.25, -0.2) is 0 Å². The lowest BCUT2D eigenvalue weighted by molar-refractivity contribution is 0.0960. The van der Waals surface area contributed by atoms with Crippen LogP contribution in [-0.2, 0) is 27.9 Å². The van der Waals surface area contributed by atoms with Gasteiger partial charge < -0.3 is 9.47 Å². The zero-order valence-electron chi connectivity index (χ0n) is 19.3. The van der Waals surface area contributed by atoms with Crippen LogP contribution in [0.3, 0.4) is 0 Å². The molecule has 4 rings (SSSR count). The van der Waals surface area contributed by atoms with Crippen molar-refractivity contribution in [1.82, 2.24) is 0 Å². The monoisotopic (exact) mass is 440 g/mol. The van der Waals surface area contributed by atoms with E-state index < -0.39 is 0 Å². The molecule has 0 aromatic heterocycles. The molecule has 31 heavy (non-hydrogen) atoms. The molecule has 3 atom stereocenters. The minimum absolute atomic E-state index is 0.135. The van der Waals surface area contributed by atoms with E-state index in [9.17, 15) is 0 Å². The Balaban J connectivity index is 1.37. The van der Waals surface area contributed by atoms with Gasteiger partial charge in [-0.15, -0.1) is 0 Å². The Labute approximate surface area is 193 Å². The fraction of sp³-hybridized carbons (Fsp3) is 0.571. The first-order chi connectivity index (χ1) is 14.9. The zero-order chi connectivity index (χ0) is 21.9. The molecule has 2 fully saturated rings. The highest BCUT2D eigenvalue weighted by atomic mass is 35.5. The second-order valence-electron chi connectivity index (χ2n) is 10.8. The zero-order valence-corrected chi connectivity index (χ0v) is 20.1. The summed E-state index contributed by atoms with van der Waals surface area (Å²) in [6.07, 6.45) is 5.75. The summed E-state index contributed by atoms with van der Waals surface area (Å²) >= 11 is 6.76. The van der Waals surface area contributed by atoms with Crippen molar-refractivity contribution in [2.45, 2.75) is 64.9 Å². The Morgan fingerprint density at radius 3 is 2.68 bits per heavy atom. The highest BCUT2D eigenvalue weighted by molar-refractivity contribution is 6.31. The van der Waals surface area contributed by atoms with E-state index in [1.807, 2.05) is 6.07 Å². The maximum Gasteiger partial charge on any atom is 0.0716 e. The number of hydrogen-bond acceptors (Lipinski definition) is 2. The minimum Gasteiger partial charge on any atom is -0.380 e. The first-order valence-corrected chi connectivity index (χ1v) is 12.2. The molecule has 2 aliphatic rings. The molecule has 2 aromatic rings. The van der Waals surface area contributed by atoms with Crippen LogP contribution >= 0.6 is 11.6 Å². The van der Waals surface area contributed by atoms with Crippen molar-refractivity contribution in [1.29, 1.82) is 0 Å². The van der Waals surface area contributed by atoms with Crippen LogP contribution in [0.15, 0.2) is 48.5 Å². The molecule has 1 aliphatic carbocycles. The van der Waals surface area contributed by atoms with Crippen LogP contribution < -0.4 is 0 Å². The molecule has 0 N–H and O–H groups in total. The van der Waals surface area contributed by atoms with Crippen molar-refractivity contribution < 1.29 is 9.47 Å². The summed E-state index contributed by atoms with van der Waals surface area (Å²) in [6, 6.07) is 17.3. The topological polar surface area (TPSA) is 18.5 Å². The Morgan fingerprint density at radius 2 is 1.94 bits per heavy atom. The largest absolute Gasteiger partial charge is 0.380 e. The Hall–Kier alpha value is -1.35. The third-order valence-electron chi connectivity index (χ3n) is 7.41. The van der Waals surface area contributed by atoms with E-state index in [0.717, 1.165) is 44.1 Å². The summed E-state index contributed by atoms with van der Waals surface area (Å²) in [5.41, 5.74) is 4.36. The Bertz CT molecular complexity index is 857. The van der Waals surface area contributed by atoms with E-state index in [0.29, 0.717) is 23.9 Å². The van der Waals surface area contributed by atoms with Crippen LogP contribution in [0.5, 0.6) is 0 Å². The highest BCUT2D eigenvalue weighted by Gasteiger charge is 2.52. The average molecular weight is 441 g/mol. The van der Waals surface area contributed by atoms with E-state index >= 15 is 0 Å². The number of rotatable bonds is 8. The van der Waals surface area contributed by atoms with Gasteiger partial charge in [0.25, 0.3) is 0 Å². The highest BCUT2D eigenvalue weighted by Crippen LogP contribution is 2.54. The van der Waals surface area contributed by atoms with Gasteiger partial charge in [0, 0.05) is 17.0 Å². The van der Waals surface area contributed by atoms with Gasteiger partial charge in [0.2, 0.25) is 0 Å².